The zero-order valence-corrected chi connectivity index (χ0v) is 14.2. The van der Waals surface area contributed by atoms with Gasteiger partial charge >= 0.3 is 0 Å². The standard InChI is InChI=1S/C18H19N5S/c1-11-9-20-18(21-13-7-8-13)23-16(11)15(19)17-22-14(10-24-17)12-5-3-2-4-6-12/h2-6,9-10,13,22H,7-8,19H2,1H3,(H,20,21,23)/b17-15+. The fourth-order valence-electron chi connectivity index (χ4n) is 2.49. The Kier molecular flexibility index (Phi) is 3.90. The van der Waals surface area contributed by atoms with Crippen molar-refractivity contribution in [3.05, 3.63) is 63.8 Å². The summed E-state index contributed by atoms with van der Waals surface area (Å²) in [5.74, 6) is 0.654. The van der Waals surface area contributed by atoms with E-state index in [-0.39, 0.29) is 0 Å². The SMILES string of the molecule is Cc1cnc(NC2CC2)nc1/C(N)=C1/NC(c2ccccc2)=CS1. The molecule has 122 valence electrons. The highest BCUT2D eigenvalue weighted by atomic mass is 32.2. The van der Waals surface area contributed by atoms with Crippen LogP contribution >= 0.6 is 11.8 Å². The van der Waals surface area contributed by atoms with Gasteiger partial charge in [0.1, 0.15) is 5.03 Å². The van der Waals surface area contributed by atoms with Crippen molar-refractivity contribution in [3.8, 4) is 0 Å². The lowest BCUT2D eigenvalue weighted by atomic mass is 10.2. The normalized spacial score (nSPS) is 18.8. The molecule has 5 nitrogen and oxygen atoms in total. The first kappa shape index (κ1) is 15.1. The topological polar surface area (TPSA) is 75.9 Å². The van der Waals surface area contributed by atoms with Crippen LogP contribution in [-0.4, -0.2) is 16.0 Å². The van der Waals surface area contributed by atoms with Crippen molar-refractivity contribution in [3.63, 3.8) is 0 Å². The van der Waals surface area contributed by atoms with Crippen LogP contribution in [-0.2, 0) is 0 Å². The van der Waals surface area contributed by atoms with Crippen LogP contribution in [0.4, 0.5) is 5.95 Å². The van der Waals surface area contributed by atoms with Gasteiger partial charge in [-0.25, -0.2) is 9.97 Å². The molecule has 0 unspecified atom stereocenters. The number of thioether (sulfide) groups is 1. The van der Waals surface area contributed by atoms with Crippen LogP contribution in [0.2, 0.25) is 0 Å². The van der Waals surface area contributed by atoms with Gasteiger partial charge in [0.05, 0.1) is 17.1 Å². The summed E-state index contributed by atoms with van der Waals surface area (Å²) in [7, 11) is 0. The molecular formula is C18H19N5S. The van der Waals surface area contributed by atoms with E-state index < -0.39 is 0 Å². The number of benzene rings is 1. The molecule has 0 bridgehead atoms. The lowest BCUT2D eigenvalue weighted by Gasteiger charge is -2.12. The molecule has 4 N–H and O–H groups in total. The van der Waals surface area contributed by atoms with Crippen molar-refractivity contribution in [1.82, 2.24) is 15.3 Å². The second-order valence-electron chi connectivity index (χ2n) is 6.03. The van der Waals surface area contributed by atoms with Gasteiger partial charge in [-0.2, -0.15) is 0 Å². The Morgan fingerprint density at radius 3 is 2.83 bits per heavy atom. The van der Waals surface area contributed by atoms with Crippen LogP contribution in [0.25, 0.3) is 11.4 Å². The maximum Gasteiger partial charge on any atom is 0.223 e. The molecule has 0 amide bonds. The lowest BCUT2D eigenvalue weighted by Crippen LogP contribution is -2.14. The highest BCUT2D eigenvalue weighted by Gasteiger charge is 2.23. The third-order valence-corrected chi connectivity index (χ3v) is 4.92. The minimum Gasteiger partial charge on any atom is -0.395 e. The number of anilines is 1. The maximum atomic E-state index is 6.40. The first-order chi connectivity index (χ1) is 11.7. The molecule has 1 aliphatic carbocycles. The summed E-state index contributed by atoms with van der Waals surface area (Å²) in [5, 5.41) is 9.72. The van der Waals surface area contributed by atoms with Gasteiger partial charge < -0.3 is 16.4 Å². The van der Waals surface area contributed by atoms with Crippen molar-refractivity contribution in [2.75, 3.05) is 5.32 Å². The van der Waals surface area contributed by atoms with E-state index >= 15 is 0 Å². The van der Waals surface area contributed by atoms with E-state index in [0.29, 0.717) is 17.7 Å². The second kappa shape index (κ2) is 6.20. The highest BCUT2D eigenvalue weighted by molar-refractivity contribution is 8.06. The smallest absolute Gasteiger partial charge is 0.223 e. The zero-order valence-electron chi connectivity index (χ0n) is 13.4. The molecule has 2 aliphatic rings. The summed E-state index contributed by atoms with van der Waals surface area (Å²) in [6.07, 6.45) is 4.20. The Morgan fingerprint density at radius 1 is 1.29 bits per heavy atom. The molecule has 0 saturated heterocycles. The highest BCUT2D eigenvalue weighted by Crippen LogP contribution is 2.33. The van der Waals surface area contributed by atoms with Gasteiger partial charge in [-0.15, -0.1) is 0 Å². The summed E-state index contributed by atoms with van der Waals surface area (Å²) < 4.78 is 0. The molecule has 1 aliphatic heterocycles. The quantitative estimate of drug-likeness (QED) is 0.795. The number of nitrogens with zero attached hydrogens (tertiary/aromatic N) is 2. The Hall–Kier alpha value is -2.47. The largest absolute Gasteiger partial charge is 0.395 e. The maximum absolute atomic E-state index is 6.40. The average molecular weight is 337 g/mol. The van der Waals surface area contributed by atoms with Crippen molar-refractivity contribution in [2.45, 2.75) is 25.8 Å². The van der Waals surface area contributed by atoms with E-state index in [1.165, 1.54) is 12.8 Å². The number of hydrogen-bond donors (Lipinski definition) is 3. The van der Waals surface area contributed by atoms with Crippen LogP contribution < -0.4 is 16.4 Å². The van der Waals surface area contributed by atoms with Crippen LogP contribution in [0.1, 0.15) is 29.7 Å². The van der Waals surface area contributed by atoms with E-state index in [4.69, 9.17) is 5.73 Å². The molecule has 6 heteroatoms. The summed E-state index contributed by atoms with van der Waals surface area (Å²) in [6.45, 7) is 1.98. The summed E-state index contributed by atoms with van der Waals surface area (Å²) in [4.78, 5) is 8.96. The van der Waals surface area contributed by atoms with E-state index in [2.05, 4.69) is 38.1 Å². The molecular weight excluding hydrogens is 318 g/mol. The van der Waals surface area contributed by atoms with Crippen LogP contribution in [0.3, 0.4) is 0 Å². The van der Waals surface area contributed by atoms with E-state index in [0.717, 1.165) is 27.5 Å². The number of aromatic nitrogens is 2. The minimum absolute atomic E-state index is 0.514. The van der Waals surface area contributed by atoms with E-state index in [1.54, 1.807) is 11.8 Å². The molecule has 0 atom stereocenters. The van der Waals surface area contributed by atoms with Crippen molar-refractivity contribution < 1.29 is 0 Å². The van der Waals surface area contributed by atoms with E-state index in [1.807, 2.05) is 31.3 Å². The molecule has 1 fully saturated rings. The molecule has 2 aromatic rings. The molecule has 0 spiro atoms. The third kappa shape index (κ3) is 3.10. The average Bonchev–Trinajstić information content (AvgIpc) is 3.29. The molecule has 4 rings (SSSR count). The van der Waals surface area contributed by atoms with Gasteiger partial charge in [0.15, 0.2) is 0 Å². The molecule has 1 aromatic heterocycles. The van der Waals surface area contributed by atoms with Gasteiger partial charge in [0.2, 0.25) is 5.95 Å². The van der Waals surface area contributed by atoms with Crippen LogP contribution in [0, 0.1) is 6.92 Å². The minimum atomic E-state index is 0.514. The predicted molar refractivity (Wildman–Crippen MR) is 99.7 cm³/mol. The van der Waals surface area contributed by atoms with Crippen molar-refractivity contribution in [2.24, 2.45) is 5.73 Å². The fourth-order valence-corrected chi connectivity index (χ4v) is 3.31. The first-order valence-electron chi connectivity index (χ1n) is 8.00. The van der Waals surface area contributed by atoms with Gasteiger partial charge in [-0.3, -0.25) is 0 Å². The number of nitrogens with two attached hydrogens (primary N) is 1. The first-order valence-corrected chi connectivity index (χ1v) is 8.88. The van der Waals surface area contributed by atoms with Crippen LogP contribution in [0.15, 0.2) is 47.0 Å². The Bertz CT molecular complexity index is 825. The molecule has 1 saturated carbocycles. The predicted octanol–water partition coefficient (Wildman–Crippen LogP) is 3.28. The number of nitrogens with one attached hydrogen (secondary N) is 2. The fraction of sp³-hybridized carbons (Fsp3) is 0.222. The molecule has 1 aromatic carbocycles. The van der Waals surface area contributed by atoms with Gasteiger partial charge in [0, 0.05) is 17.6 Å². The van der Waals surface area contributed by atoms with Gasteiger partial charge in [-0.1, -0.05) is 42.1 Å². The molecule has 24 heavy (non-hydrogen) atoms. The third-order valence-electron chi connectivity index (χ3n) is 4.01. The number of rotatable bonds is 4. The van der Waals surface area contributed by atoms with Gasteiger partial charge in [0.25, 0.3) is 0 Å². The van der Waals surface area contributed by atoms with E-state index in [9.17, 15) is 0 Å². The Morgan fingerprint density at radius 2 is 2.08 bits per heavy atom. The number of hydrogen-bond acceptors (Lipinski definition) is 6. The molecule has 2 heterocycles. The summed E-state index contributed by atoms with van der Waals surface area (Å²) in [5.41, 5.74) is 11.0. The zero-order chi connectivity index (χ0) is 16.5. The number of aryl methyl sites for hydroxylation is 1. The van der Waals surface area contributed by atoms with Gasteiger partial charge in [-0.05, 0) is 30.9 Å². The second-order valence-corrected chi connectivity index (χ2v) is 6.91. The summed E-state index contributed by atoms with van der Waals surface area (Å²) >= 11 is 1.59. The molecule has 0 radical (unpaired) electrons. The monoisotopic (exact) mass is 337 g/mol. The van der Waals surface area contributed by atoms with Crippen LogP contribution in [0.5, 0.6) is 0 Å². The Labute approximate surface area is 145 Å². The lowest BCUT2D eigenvalue weighted by molar-refractivity contribution is 1.02. The summed E-state index contributed by atoms with van der Waals surface area (Å²) in [6, 6.07) is 10.7. The Balaban J connectivity index is 1.59. The van der Waals surface area contributed by atoms with Crippen molar-refractivity contribution >= 4 is 29.1 Å². The van der Waals surface area contributed by atoms with Crippen molar-refractivity contribution in [1.29, 1.82) is 0 Å².